The van der Waals surface area contributed by atoms with E-state index in [4.69, 9.17) is 0 Å². The predicted octanol–water partition coefficient (Wildman–Crippen LogP) is 3.06. The summed E-state index contributed by atoms with van der Waals surface area (Å²) in [6, 6.07) is 2.05. The zero-order chi connectivity index (χ0) is 13.1. The molecule has 0 aromatic carbocycles. The average molecular weight is 309 g/mol. The average Bonchev–Trinajstić information content (AvgIpc) is 2.68. The lowest BCUT2D eigenvalue weighted by Gasteiger charge is -2.08. The van der Waals surface area contributed by atoms with Gasteiger partial charge in [-0.15, -0.1) is 0 Å². The Morgan fingerprint density at radius 3 is 2.89 bits per heavy atom. The molecule has 0 aliphatic rings. The highest BCUT2D eigenvalue weighted by Gasteiger charge is 2.06. The van der Waals surface area contributed by atoms with Crippen molar-refractivity contribution in [3.63, 3.8) is 0 Å². The molecule has 2 aromatic rings. The quantitative estimate of drug-likeness (QED) is 0.944. The number of rotatable bonds is 4. The molecule has 0 saturated heterocycles. The molecular formula is C13H17BrN4. The number of hydrogen-bond donors (Lipinski definition) is 1. The molecule has 2 aromatic heterocycles. The van der Waals surface area contributed by atoms with Gasteiger partial charge in [-0.2, -0.15) is 5.10 Å². The van der Waals surface area contributed by atoms with E-state index in [-0.39, 0.29) is 0 Å². The maximum absolute atomic E-state index is 4.43. The lowest BCUT2D eigenvalue weighted by Crippen LogP contribution is -2.04. The minimum absolute atomic E-state index is 0.756. The number of nitrogens with one attached hydrogen (secondary N) is 1. The Balaban J connectivity index is 2.11. The van der Waals surface area contributed by atoms with Gasteiger partial charge in [0.1, 0.15) is 5.82 Å². The van der Waals surface area contributed by atoms with Gasteiger partial charge in [-0.1, -0.05) is 6.92 Å². The number of aryl methyl sites for hydroxylation is 3. The van der Waals surface area contributed by atoms with Crippen LogP contribution in [0.25, 0.3) is 0 Å². The highest BCUT2D eigenvalue weighted by molar-refractivity contribution is 9.10. The number of halogens is 1. The van der Waals surface area contributed by atoms with Gasteiger partial charge in [0.25, 0.3) is 0 Å². The van der Waals surface area contributed by atoms with E-state index in [1.807, 2.05) is 18.7 Å². The van der Waals surface area contributed by atoms with Crippen LogP contribution in [0.1, 0.15) is 23.7 Å². The number of anilines is 1. The van der Waals surface area contributed by atoms with Gasteiger partial charge in [0.15, 0.2) is 0 Å². The molecular weight excluding hydrogens is 292 g/mol. The second-order valence-electron chi connectivity index (χ2n) is 4.30. The van der Waals surface area contributed by atoms with Crippen LogP contribution < -0.4 is 5.32 Å². The topological polar surface area (TPSA) is 42.7 Å². The zero-order valence-electron chi connectivity index (χ0n) is 10.9. The summed E-state index contributed by atoms with van der Waals surface area (Å²) < 4.78 is 2.86. The Bertz CT molecular complexity index is 548. The van der Waals surface area contributed by atoms with Gasteiger partial charge in [-0.3, -0.25) is 4.68 Å². The van der Waals surface area contributed by atoms with Crippen LogP contribution in [-0.2, 0) is 20.0 Å². The Morgan fingerprint density at radius 1 is 1.44 bits per heavy atom. The van der Waals surface area contributed by atoms with E-state index in [0.717, 1.165) is 34.5 Å². The molecule has 0 amide bonds. The number of nitrogens with zero attached hydrogens (tertiary/aromatic N) is 3. The van der Waals surface area contributed by atoms with Crippen LogP contribution in [0.4, 0.5) is 5.82 Å². The summed E-state index contributed by atoms with van der Waals surface area (Å²) in [5, 5.41) is 7.79. The fraction of sp³-hybridized carbons (Fsp3) is 0.385. The first kappa shape index (κ1) is 13.1. The van der Waals surface area contributed by atoms with Crippen molar-refractivity contribution in [3.05, 3.63) is 39.8 Å². The van der Waals surface area contributed by atoms with Crippen LogP contribution in [0, 0.1) is 6.92 Å². The van der Waals surface area contributed by atoms with Gasteiger partial charge in [0.2, 0.25) is 0 Å². The molecule has 0 unspecified atom stereocenters. The molecule has 0 aliphatic heterocycles. The van der Waals surface area contributed by atoms with Gasteiger partial charge in [-0.05, 0) is 40.9 Å². The first-order chi connectivity index (χ1) is 8.60. The van der Waals surface area contributed by atoms with Gasteiger partial charge in [0, 0.05) is 36.0 Å². The van der Waals surface area contributed by atoms with Gasteiger partial charge < -0.3 is 5.32 Å². The van der Waals surface area contributed by atoms with Crippen LogP contribution in [0.3, 0.4) is 0 Å². The summed E-state index contributed by atoms with van der Waals surface area (Å²) in [6.07, 6.45) is 4.81. The van der Waals surface area contributed by atoms with E-state index in [2.05, 4.69) is 50.5 Å². The molecule has 0 bridgehead atoms. The molecule has 0 radical (unpaired) electrons. The van der Waals surface area contributed by atoms with Crippen molar-refractivity contribution in [3.8, 4) is 0 Å². The predicted molar refractivity (Wildman–Crippen MR) is 76.6 cm³/mol. The van der Waals surface area contributed by atoms with E-state index in [1.165, 1.54) is 5.56 Å². The molecule has 2 rings (SSSR count). The second kappa shape index (κ2) is 5.52. The van der Waals surface area contributed by atoms with Crippen molar-refractivity contribution >= 4 is 21.7 Å². The Kier molecular flexibility index (Phi) is 4.01. The van der Waals surface area contributed by atoms with Crippen molar-refractivity contribution < 1.29 is 0 Å². The van der Waals surface area contributed by atoms with Crippen LogP contribution in [0.5, 0.6) is 0 Å². The molecule has 0 fully saturated rings. The van der Waals surface area contributed by atoms with Crippen molar-refractivity contribution in [1.29, 1.82) is 0 Å². The van der Waals surface area contributed by atoms with Crippen molar-refractivity contribution in [1.82, 2.24) is 14.8 Å². The third-order valence-corrected chi connectivity index (χ3v) is 3.25. The monoisotopic (exact) mass is 308 g/mol. The standard InChI is InChI=1S/C13H17BrN4/c1-4-12-10(8-18(3)17-12)6-15-13-9(2)5-11(14)7-16-13/h5,7-8H,4,6H2,1-3H3,(H,15,16). The lowest BCUT2D eigenvalue weighted by molar-refractivity contribution is 0.746. The SMILES string of the molecule is CCc1nn(C)cc1CNc1ncc(Br)cc1C. The number of hydrogen-bond acceptors (Lipinski definition) is 3. The molecule has 0 atom stereocenters. The van der Waals surface area contributed by atoms with Crippen molar-refractivity contribution in [2.24, 2.45) is 7.05 Å². The molecule has 18 heavy (non-hydrogen) atoms. The third kappa shape index (κ3) is 2.90. The highest BCUT2D eigenvalue weighted by atomic mass is 79.9. The first-order valence-corrected chi connectivity index (χ1v) is 6.77. The third-order valence-electron chi connectivity index (χ3n) is 2.82. The summed E-state index contributed by atoms with van der Waals surface area (Å²) in [5.41, 5.74) is 3.50. The molecule has 2 heterocycles. The molecule has 4 nitrogen and oxygen atoms in total. The molecule has 0 spiro atoms. The van der Waals surface area contributed by atoms with Gasteiger partial charge >= 0.3 is 0 Å². The maximum atomic E-state index is 4.43. The summed E-state index contributed by atoms with van der Waals surface area (Å²) in [4.78, 5) is 4.37. The summed E-state index contributed by atoms with van der Waals surface area (Å²) in [7, 11) is 1.95. The minimum atomic E-state index is 0.756. The smallest absolute Gasteiger partial charge is 0.129 e. The fourth-order valence-electron chi connectivity index (χ4n) is 1.93. The van der Waals surface area contributed by atoms with Gasteiger partial charge in [0.05, 0.1) is 5.69 Å². The highest BCUT2D eigenvalue weighted by Crippen LogP contribution is 2.18. The Hall–Kier alpha value is -1.36. The minimum Gasteiger partial charge on any atom is -0.366 e. The molecule has 5 heteroatoms. The molecule has 0 saturated carbocycles. The molecule has 1 N–H and O–H groups in total. The zero-order valence-corrected chi connectivity index (χ0v) is 12.5. The van der Waals surface area contributed by atoms with E-state index >= 15 is 0 Å². The maximum Gasteiger partial charge on any atom is 0.129 e. The number of pyridine rings is 1. The van der Waals surface area contributed by atoms with Crippen LogP contribution in [0.2, 0.25) is 0 Å². The first-order valence-electron chi connectivity index (χ1n) is 5.97. The van der Waals surface area contributed by atoms with Crippen LogP contribution >= 0.6 is 15.9 Å². The van der Waals surface area contributed by atoms with Crippen molar-refractivity contribution in [2.45, 2.75) is 26.8 Å². The fourth-order valence-corrected chi connectivity index (χ4v) is 2.38. The second-order valence-corrected chi connectivity index (χ2v) is 5.22. The van der Waals surface area contributed by atoms with Crippen LogP contribution in [0.15, 0.2) is 22.9 Å². The summed E-state index contributed by atoms with van der Waals surface area (Å²) in [6.45, 7) is 4.92. The van der Waals surface area contributed by atoms with Crippen molar-refractivity contribution in [2.75, 3.05) is 5.32 Å². The number of aromatic nitrogens is 3. The van der Waals surface area contributed by atoms with Crippen LogP contribution in [-0.4, -0.2) is 14.8 Å². The van der Waals surface area contributed by atoms with E-state index < -0.39 is 0 Å². The summed E-state index contributed by atoms with van der Waals surface area (Å²) in [5.74, 6) is 0.920. The van der Waals surface area contributed by atoms with E-state index in [0.29, 0.717) is 0 Å². The largest absolute Gasteiger partial charge is 0.366 e. The molecule has 0 aliphatic carbocycles. The van der Waals surface area contributed by atoms with E-state index in [9.17, 15) is 0 Å². The normalized spacial score (nSPS) is 10.7. The lowest BCUT2D eigenvalue weighted by atomic mass is 10.2. The molecule has 96 valence electrons. The van der Waals surface area contributed by atoms with Gasteiger partial charge in [-0.25, -0.2) is 4.98 Å². The Morgan fingerprint density at radius 2 is 2.22 bits per heavy atom. The Labute approximate surface area is 116 Å². The summed E-state index contributed by atoms with van der Waals surface area (Å²) >= 11 is 3.41. The van der Waals surface area contributed by atoms with E-state index in [1.54, 1.807) is 6.20 Å².